The number of hydrogen-bond acceptors (Lipinski definition) is 5. The number of carbonyl (C=O) groups excluding carboxylic acids is 2. The van der Waals surface area contributed by atoms with Crippen molar-refractivity contribution >= 4 is 17.6 Å². The van der Waals surface area contributed by atoms with Crippen molar-refractivity contribution in [2.24, 2.45) is 0 Å². The van der Waals surface area contributed by atoms with Crippen LogP contribution in [0, 0.1) is 6.92 Å². The van der Waals surface area contributed by atoms with Gasteiger partial charge in [0.15, 0.2) is 0 Å². The Hall–Kier alpha value is -2.74. The minimum Gasteiger partial charge on any atom is -0.389 e. The Balaban J connectivity index is 1.67. The van der Waals surface area contributed by atoms with Gasteiger partial charge in [0, 0.05) is 31.1 Å². The third-order valence-corrected chi connectivity index (χ3v) is 4.44. The van der Waals surface area contributed by atoms with E-state index in [9.17, 15) is 14.7 Å². The molecule has 0 aliphatic heterocycles. The Morgan fingerprint density at radius 1 is 1.28 bits per heavy atom. The van der Waals surface area contributed by atoms with Crippen LogP contribution in [0.1, 0.15) is 42.0 Å². The fourth-order valence-corrected chi connectivity index (χ4v) is 3.23. The maximum Gasteiger partial charge on any atom is 0.251 e. The SMILES string of the molecule is CC(=O)Nc1cc(C(=O)N[C@@H]2CC[C@@H](n3ccnc3C)[C@@H]2O)ccn1. The van der Waals surface area contributed by atoms with Crippen LogP contribution >= 0.6 is 0 Å². The number of aliphatic hydroxyl groups excluding tert-OH is 1. The highest BCUT2D eigenvalue weighted by atomic mass is 16.3. The van der Waals surface area contributed by atoms with Crippen LogP contribution < -0.4 is 10.6 Å². The molecule has 1 aliphatic carbocycles. The molecular weight excluding hydrogens is 322 g/mol. The van der Waals surface area contributed by atoms with Crippen LogP contribution in [-0.4, -0.2) is 43.6 Å². The number of anilines is 1. The van der Waals surface area contributed by atoms with Crippen molar-refractivity contribution < 1.29 is 14.7 Å². The molecule has 25 heavy (non-hydrogen) atoms. The van der Waals surface area contributed by atoms with Crippen molar-refractivity contribution in [3.63, 3.8) is 0 Å². The molecule has 1 saturated carbocycles. The molecule has 1 aliphatic rings. The van der Waals surface area contributed by atoms with Gasteiger partial charge in [-0.25, -0.2) is 9.97 Å². The minimum atomic E-state index is -0.687. The van der Waals surface area contributed by atoms with Crippen LogP contribution in [0.25, 0.3) is 0 Å². The number of carbonyl (C=O) groups is 2. The summed E-state index contributed by atoms with van der Waals surface area (Å²) < 4.78 is 1.94. The summed E-state index contributed by atoms with van der Waals surface area (Å²) in [4.78, 5) is 31.7. The summed E-state index contributed by atoms with van der Waals surface area (Å²) in [6.45, 7) is 3.26. The zero-order valence-corrected chi connectivity index (χ0v) is 14.1. The largest absolute Gasteiger partial charge is 0.389 e. The van der Waals surface area contributed by atoms with Crippen LogP contribution in [0.15, 0.2) is 30.7 Å². The Bertz CT molecular complexity index is 788. The van der Waals surface area contributed by atoms with Gasteiger partial charge in [0.25, 0.3) is 5.91 Å². The summed E-state index contributed by atoms with van der Waals surface area (Å²) in [6.07, 6.45) is 5.76. The number of rotatable bonds is 4. The molecule has 1 fully saturated rings. The number of amides is 2. The molecule has 0 bridgehead atoms. The van der Waals surface area contributed by atoms with Crippen LogP contribution in [0.4, 0.5) is 5.82 Å². The average Bonchev–Trinajstić information content (AvgIpc) is 3.13. The number of imidazole rings is 1. The van der Waals surface area contributed by atoms with E-state index in [0.717, 1.165) is 12.2 Å². The third kappa shape index (κ3) is 3.69. The fraction of sp³-hybridized carbons (Fsp3) is 0.412. The lowest BCUT2D eigenvalue weighted by Gasteiger charge is -2.22. The van der Waals surface area contributed by atoms with Gasteiger partial charge >= 0.3 is 0 Å². The van der Waals surface area contributed by atoms with E-state index in [1.807, 2.05) is 17.7 Å². The quantitative estimate of drug-likeness (QED) is 0.768. The van der Waals surface area contributed by atoms with E-state index in [0.29, 0.717) is 17.8 Å². The minimum absolute atomic E-state index is 0.0971. The van der Waals surface area contributed by atoms with E-state index in [2.05, 4.69) is 20.6 Å². The zero-order valence-electron chi connectivity index (χ0n) is 14.1. The molecule has 0 unspecified atom stereocenters. The smallest absolute Gasteiger partial charge is 0.251 e. The molecule has 0 saturated heterocycles. The van der Waals surface area contributed by atoms with Gasteiger partial charge in [0.2, 0.25) is 5.91 Å². The molecule has 0 aromatic carbocycles. The van der Waals surface area contributed by atoms with Gasteiger partial charge < -0.3 is 20.3 Å². The summed E-state index contributed by atoms with van der Waals surface area (Å²) in [5.41, 5.74) is 0.383. The number of aryl methyl sites for hydroxylation is 1. The standard InChI is InChI=1S/C17H21N5O3/c1-10-18-7-8-22(10)14-4-3-13(16(14)24)21-17(25)12-5-6-19-15(9-12)20-11(2)23/h5-9,13-14,16,24H,3-4H2,1-2H3,(H,21,25)(H,19,20,23)/t13-,14-,16-/m1/s1. The van der Waals surface area contributed by atoms with Crippen LogP contribution in [-0.2, 0) is 4.79 Å². The van der Waals surface area contributed by atoms with E-state index in [-0.39, 0.29) is 23.9 Å². The number of aliphatic hydroxyl groups is 1. The number of nitrogens with zero attached hydrogens (tertiary/aromatic N) is 3. The van der Waals surface area contributed by atoms with Gasteiger partial charge in [-0.1, -0.05) is 0 Å². The molecule has 2 aromatic heterocycles. The first-order valence-electron chi connectivity index (χ1n) is 8.17. The Labute approximate surface area is 145 Å². The van der Waals surface area contributed by atoms with Gasteiger partial charge in [0.05, 0.1) is 18.2 Å². The average molecular weight is 343 g/mol. The van der Waals surface area contributed by atoms with Crippen molar-refractivity contribution in [1.82, 2.24) is 19.9 Å². The van der Waals surface area contributed by atoms with Crippen LogP contribution in [0.5, 0.6) is 0 Å². The zero-order chi connectivity index (χ0) is 18.0. The second-order valence-electron chi connectivity index (χ2n) is 6.21. The van der Waals surface area contributed by atoms with Crippen LogP contribution in [0.3, 0.4) is 0 Å². The predicted molar refractivity (Wildman–Crippen MR) is 91.0 cm³/mol. The molecule has 8 heteroatoms. The highest BCUT2D eigenvalue weighted by molar-refractivity contribution is 5.96. The van der Waals surface area contributed by atoms with E-state index in [1.54, 1.807) is 12.3 Å². The number of aromatic nitrogens is 3. The summed E-state index contributed by atoms with van der Waals surface area (Å²) >= 11 is 0. The van der Waals surface area contributed by atoms with Crippen molar-refractivity contribution in [3.8, 4) is 0 Å². The third-order valence-electron chi connectivity index (χ3n) is 4.44. The number of nitrogens with one attached hydrogen (secondary N) is 2. The van der Waals surface area contributed by atoms with E-state index in [4.69, 9.17) is 0 Å². The fourth-order valence-electron chi connectivity index (χ4n) is 3.23. The lowest BCUT2D eigenvalue weighted by molar-refractivity contribution is -0.114. The van der Waals surface area contributed by atoms with E-state index < -0.39 is 6.10 Å². The molecule has 3 atom stereocenters. The maximum absolute atomic E-state index is 12.5. The molecular formula is C17H21N5O3. The summed E-state index contributed by atoms with van der Waals surface area (Å²) in [6, 6.07) is 2.64. The molecule has 2 amide bonds. The maximum atomic E-state index is 12.5. The van der Waals surface area contributed by atoms with Gasteiger partial charge in [0.1, 0.15) is 11.6 Å². The highest BCUT2D eigenvalue weighted by Gasteiger charge is 2.37. The second-order valence-corrected chi connectivity index (χ2v) is 6.21. The molecule has 2 heterocycles. The van der Waals surface area contributed by atoms with E-state index >= 15 is 0 Å². The molecule has 3 N–H and O–H groups in total. The molecule has 8 nitrogen and oxygen atoms in total. The molecule has 132 valence electrons. The van der Waals surface area contributed by atoms with Crippen LogP contribution in [0.2, 0.25) is 0 Å². The monoisotopic (exact) mass is 343 g/mol. The first-order valence-corrected chi connectivity index (χ1v) is 8.17. The van der Waals surface area contributed by atoms with Crippen molar-refractivity contribution in [2.75, 3.05) is 5.32 Å². The number of pyridine rings is 1. The van der Waals surface area contributed by atoms with Gasteiger partial charge in [-0.05, 0) is 31.9 Å². The summed E-state index contributed by atoms with van der Waals surface area (Å²) in [7, 11) is 0. The lowest BCUT2D eigenvalue weighted by atomic mass is 10.1. The van der Waals surface area contributed by atoms with E-state index in [1.165, 1.54) is 19.2 Å². The van der Waals surface area contributed by atoms with Crippen molar-refractivity contribution in [2.45, 2.75) is 44.9 Å². The number of hydrogen-bond donors (Lipinski definition) is 3. The van der Waals surface area contributed by atoms with Crippen molar-refractivity contribution in [3.05, 3.63) is 42.1 Å². The Morgan fingerprint density at radius 2 is 2.08 bits per heavy atom. The first-order chi connectivity index (χ1) is 12.0. The molecule has 0 spiro atoms. The highest BCUT2D eigenvalue weighted by Crippen LogP contribution is 2.31. The summed E-state index contributed by atoms with van der Waals surface area (Å²) in [5, 5.41) is 16.0. The molecule has 0 radical (unpaired) electrons. The van der Waals surface area contributed by atoms with Gasteiger partial charge in [-0.3, -0.25) is 9.59 Å². The van der Waals surface area contributed by atoms with Crippen molar-refractivity contribution in [1.29, 1.82) is 0 Å². The van der Waals surface area contributed by atoms with Gasteiger partial charge in [-0.2, -0.15) is 0 Å². The normalized spacial score (nSPS) is 22.6. The van der Waals surface area contributed by atoms with Gasteiger partial charge in [-0.15, -0.1) is 0 Å². The summed E-state index contributed by atoms with van der Waals surface area (Å²) in [5.74, 6) is 0.597. The topological polar surface area (TPSA) is 109 Å². The Morgan fingerprint density at radius 3 is 2.76 bits per heavy atom. The molecule has 3 rings (SSSR count). The lowest BCUT2D eigenvalue weighted by Crippen LogP contribution is -2.42. The first kappa shape index (κ1) is 17.1. The molecule has 2 aromatic rings. The Kier molecular flexibility index (Phi) is 4.80. The predicted octanol–water partition coefficient (Wildman–Crippen LogP) is 1.04. The second kappa shape index (κ2) is 7.02.